The number of ether oxygens (including phenoxy) is 1. The third-order valence-corrected chi connectivity index (χ3v) is 3.73. The number of carbonyl (C=O) groups excluding carboxylic acids is 1. The molecule has 0 aliphatic carbocycles. The van der Waals surface area contributed by atoms with Gasteiger partial charge >= 0.3 is 18.2 Å². The van der Waals surface area contributed by atoms with Gasteiger partial charge in [0.1, 0.15) is 6.61 Å². The van der Waals surface area contributed by atoms with Crippen LogP contribution in [0.3, 0.4) is 0 Å². The second kappa shape index (κ2) is 6.89. The lowest BCUT2D eigenvalue weighted by Gasteiger charge is -2.36. The SMILES string of the molecule is O=C(O)[C@@H]1C[C@H](C(F)(F)F)CN(C(=O)OCc2ccccc2)C1. The van der Waals surface area contributed by atoms with Crippen molar-refractivity contribution in [2.24, 2.45) is 11.8 Å². The molecule has 1 aromatic carbocycles. The topological polar surface area (TPSA) is 66.8 Å². The fraction of sp³-hybridized carbons (Fsp3) is 0.467. The van der Waals surface area contributed by atoms with Gasteiger partial charge in [0, 0.05) is 13.1 Å². The second-order valence-corrected chi connectivity index (χ2v) is 5.45. The van der Waals surface area contributed by atoms with Gasteiger partial charge in [0.05, 0.1) is 11.8 Å². The Morgan fingerprint density at radius 3 is 2.43 bits per heavy atom. The van der Waals surface area contributed by atoms with Crippen LogP contribution in [0.5, 0.6) is 0 Å². The smallest absolute Gasteiger partial charge is 0.410 e. The first-order valence-electron chi connectivity index (χ1n) is 7.02. The number of amides is 1. The molecule has 0 unspecified atom stereocenters. The zero-order valence-corrected chi connectivity index (χ0v) is 12.1. The maximum Gasteiger partial charge on any atom is 0.410 e. The van der Waals surface area contributed by atoms with Gasteiger partial charge < -0.3 is 14.7 Å². The summed E-state index contributed by atoms with van der Waals surface area (Å²) in [5.74, 6) is -4.46. The highest BCUT2D eigenvalue weighted by molar-refractivity contribution is 5.73. The van der Waals surface area contributed by atoms with Crippen molar-refractivity contribution in [1.29, 1.82) is 0 Å². The summed E-state index contributed by atoms with van der Waals surface area (Å²) in [7, 11) is 0. The molecule has 126 valence electrons. The van der Waals surface area contributed by atoms with Gasteiger partial charge in [0.25, 0.3) is 0 Å². The van der Waals surface area contributed by atoms with E-state index in [9.17, 15) is 22.8 Å². The van der Waals surface area contributed by atoms with E-state index in [-0.39, 0.29) is 13.2 Å². The standard InChI is InChI=1S/C15H16F3NO4/c16-15(17,18)12-6-11(13(20)21)7-19(8-12)14(22)23-9-10-4-2-1-3-5-10/h1-5,11-12H,6-9H2,(H,20,21)/t11-,12+/m1/s1. The number of carbonyl (C=O) groups is 2. The molecule has 0 aromatic heterocycles. The van der Waals surface area contributed by atoms with Gasteiger partial charge in [-0.3, -0.25) is 4.79 Å². The number of nitrogens with zero attached hydrogens (tertiary/aromatic N) is 1. The van der Waals surface area contributed by atoms with Crippen LogP contribution >= 0.6 is 0 Å². The van der Waals surface area contributed by atoms with E-state index in [0.717, 1.165) is 4.90 Å². The molecule has 1 fully saturated rings. The molecule has 1 aromatic rings. The molecule has 1 aliphatic rings. The zero-order chi connectivity index (χ0) is 17.0. The number of carboxylic acids is 1. The van der Waals surface area contributed by atoms with Gasteiger partial charge in [-0.1, -0.05) is 30.3 Å². The summed E-state index contributed by atoms with van der Waals surface area (Å²) in [6.45, 7) is -0.943. The van der Waals surface area contributed by atoms with Crippen molar-refractivity contribution in [2.45, 2.75) is 19.2 Å². The molecule has 23 heavy (non-hydrogen) atoms. The monoisotopic (exact) mass is 331 g/mol. The molecule has 5 nitrogen and oxygen atoms in total. The zero-order valence-electron chi connectivity index (χ0n) is 12.1. The molecule has 1 saturated heterocycles. The molecule has 2 atom stereocenters. The van der Waals surface area contributed by atoms with Crippen LogP contribution in [0.25, 0.3) is 0 Å². The number of halogens is 3. The Bertz CT molecular complexity index is 562. The molecule has 1 aliphatic heterocycles. The number of aliphatic carboxylic acids is 1. The van der Waals surface area contributed by atoms with E-state index < -0.39 is 43.0 Å². The van der Waals surface area contributed by atoms with Crippen LogP contribution in [-0.4, -0.2) is 41.3 Å². The number of hydrogen-bond acceptors (Lipinski definition) is 3. The van der Waals surface area contributed by atoms with Crippen LogP contribution in [0.2, 0.25) is 0 Å². The van der Waals surface area contributed by atoms with E-state index in [1.807, 2.05) is 0 Å². The number of piperidine rings is 1. The van der Waals surface area contributed by atoms with E-state index in [1.54, 1.807) is 30.3 Å². The minimum Gasteiger partial charge on any atom is -0.481 e. The minimum absolute atomic E-state index is 0.0788. The minimum atomic E-state index is -4.55. The Hall–Kier alpha value is -2.25. The predicted molar refractivity (Wildman–Crippen MR) is 73.5 cm³/mol. The van der Waals surface area contributed by atoms with E-state index >= 15 is 0 Å². The van der Waals surface area contributed by atoms with Crippen molar-refractivity contribution >= 4 is 12.1 Å². The van der Waals surface area contributed by atoms with Crippen molar-refractivity contribution < 1.29 is 32.6 Å². The van der Waals surface area contributed by atoms with Gasteiger partial charge in [0.2, 0.25) is 0 Å². The van der Waals surface area contributed by atoms with Crippen molar-refractivity contribution in [1.82, 2.24) is 4.90 Å². The van der Waals surface area contributed by atoms with Crippen molar-refractivity contribution in [3.05, 3.63) is 35.9 Å². The maximum absolute atomic E-state index is 12.9. The summed E-state index contributed by atoms with van der Waals surface area (Å²) < 4.78 is 43.7. The molecule has 2 rings (SSSR count). The number of rotatable bonds is 3. The Balaban J connectivity index is 2.01. The largest absolute Gasteiger partial charge is 0.481 e. The molecule has 8 heteroatoms. The van der Waals surface area contributed by atoms with Crippen LogP contribution < -0.4 is 0 Å². The highest BCUT2D eigenvalue weighted by atomic mass is 19.4. The van der Waals surface area contributed by atoms with Crippen LogP contribution in [0.15, 0.2) is 30.3 Å². The van der Waals surface area contributed by atoms with Gasteiger partial charge in [-0.05, 0) is 12.0 Å². The Morgan fingerprint density at radius 1 is 1.22 bits per heavy atom. The summed E-state index contributed by atoms with van der Waals surface area (Å²) in [6.07, 6.45) is -6.01. The Kier molecular flexibility index (Phi) is 5.12. The molecule has 1 N–H and O–H groups in total. The average Bonchev–Trinajstić information content (AvgIpc) is 2.52. The first-order valence-corrected chi connectivity index (χ1v) is 7.02. The first kappa shape index (κ1) is 17.1. The van der Waals surface area contributed by atoms with E-state index in [4.69, 9.17) is 9.84 Å². The number of alkyl halides is 3. The molecule has 0 saturated carbocycles. The normalized spacial score (nSPS) is 21.8. The quantitative estimate of drug-likeness (QED) is 0.925. The first-order chi connectivity index (χ1) is 10.8. The van der Waals surface area contributed by atoms with Crippen molar-refractivity contribution in [2.75, 3.05) is 13.1 Å². The fourth-order valence-electron chi connectivity index (χ4n) is 2.47. The number of benzene rings is 1. The lowest BCUT2D eigenvalue weighted by Crippen LogP contribution is -2.50. The van der Waals surface area contributed by atoms with Crippen LogP contribution in [0.4, 0.5) is 18.0 Å². The highest BCUT2D eigenvalue weighted by Gasteiger charge is 2.47. The number of carboxylic acid groups (broad SMARTS) is 1. The summed E-state index contributed by atoms with van der Waals surface area (Å²) in [5.41, 5.74) is 0.694. The lowest BCUT2D eigenvalue weighted by atomic mass is 9.89. The Morgan fingerprint density at radius 2 is 1.87 bits per heavy atom. The molecule has 1 heterocycles. The van der Waals surface area contributed by atoms with Crippen molar-refractivity contribution in [3.63, 3.8) is 0 Å². The average molecular weight is 331 g/mol. The van der Waals surface area contributed by atoms with E-state index in [0.29, 0.717) is 5.56 Å². The lowest BCUT2D eigenvalue weighted by molar-refractivity contribution is -0.192. The molecule has 0 spiro atoms. The summed E-state index contributed by atoms with van der Waals surface area (Å²) in [6, 6.07) is 8.68. The molecule has 0 radical (unpaired) electrons. The van der Waals surface area contributed by atoms with Gasteiger partial charge in [-0.25, -0.2) is 4.79 Å². The summed E-state index contributed by atoms with van der Waals surface area (Å²) >= 11 is 0. The fourth-order valence-corrected chi connectivity index (χ4v) is 2.47. The van der Waals surface area contributed by atoms with Crippen LogP contribution in [0, 0.1) is 11.8 Å². The third kappa shape index (κ3) is 4.61. The maximum atomic E-state index is 12.9. The van der Waals surface area contributed by atoms with E-state index in [2.05, 4.69) is 0 Å². The second-order valence-electron chi connectivity index (χ2n) is 5.45. The van der Waals surface area contributed by atoms with Gasteiger partial charge in [0.15, 0.2) is 0 Å². The molecule has 0 bridgehead atoms. The van der Waals surface area contributed by atoms with Gasteiger partial charge in [-0.2, -0.15) is 13.2 Å². The predicted octanol–water partition coefficient (Wildman–Crippen LogP) is 2.91. The third-order valence-electron chi connectivity index (χ3n) is 3.73. The van der Waals surface area contributed by atoms with Crippen molar-refractivity contribution in [3.8, 4) is 0 Å². The van der Waals surface area contributed by atoms with E-state index in [1.165, 1.54) is 0 Å². The summed E-state index contributed by atoms with van der Waals surface area (Å²) in [5, 5.41) is 8.98. The molecular formula is C15H16F3NO4. The Labute approximate surface area is 130 Å². The molecular weight excluding hydrogens is 315 g/mol. The summed E-state index contributed by atoms with van der Waals surface area (Å²) in [4.78, 5) is 23.8. The number of likely N-dealkylation sites (tertiary alicyclic amines) is 1. The molecule has 1 amide bonds. The highest BCUT2D eigenvalue weighted by Crippen LogP contribution is 2.35. The van der Waals surface area contributed by atoms with Crippen LogP contribution in [-0.2, 0) is 16.1 Å². The van der Waals surface area contributed by atoms with Crippen LogP contribution in [0.1, 0.15) is 12.0 Å². The van der Waals surface area contributed by atoms with Gasteiger partial charge in [-0.15, -0.1) is 0 Å². The number of hydrogen-bond donors (Lipinski definition) is 1.